The first kappa shape index (κ1) is 19.2. The van der Waals surface area contributed by atoms with Crippen molar-refractivity contribution in [3.8, 4) is 11.5 Å². The van der Waals surface area contributed by atoms with E-state index in [1.165, 1.54) is 21.9 Å². The third-order valence-corrected chi connectivity index (χ3v) is 4.69. The zero-order valence-electron chi connectivity index (χ0n) is 16.5. The summed E-state index contributed by atoms with van der Waals surface area (Å²) in [6.45, 7) is 8.18. The first-order valence-electron chi connectivity index (χ1n) is 9.56. The maximum absolute atomic E-state index is 6.06. The summed E-state index contributed by atoms with van der Waals surface area (Å²) >= 11 is 0. The lowest BCUT2D eigenvalue weighted by atomic mass is 9.86. The lowest BCUT2D eigenvalue weighted by molar-refractivity contribution is 0.213. The van der Waals surface area contributed by atoms with E-state index in [1.54, 1.807) is 0 Å². The van der Waals surface area contributed by atoms with Crippen molar-refractivity contribution in [2.24, 2.45) is 5.73 Å². The van der Waals surface area contributed by atoms with Gasteiger partial charge < -0.3 is 15.2 Å². The molecule has 0 bridgehead atoms. The average molecular weight is 364 g/mol. The van der Waals surface area contributed by atoms with Gasteiger partial charge in [-0.1, -0.05) is 69.3 Å². The number of nitrogens with two attached hydrogens (primary N) is 1. The highest BCUT2D eigenvalue weighted by atomic mass is 16.5. The molecule has 0 unspecified atom stereocenters. The number of rotatable bonds is 7. The largest absolute Gasteiger partial charge is 0.490 e. The van der Waals surface area contributed by atoms with Gasteiger partial charge in [0.15, 0.2) is 0 Å². The Kier molecular flexibility index (Phi) is 6.02. The van der Waals surface area contributed by atoms with Crippen LogP contribution < -0.4 is 15.2 Å². The maximum Gasteiger partial charge on any atom is 0.123 e. The van der Waals surface area contributed by atoms with E-state index in [4.69, 9.17) is 15.2 Å². The minimum atomic E-state index is 0.0457. The van der Waals surface area contributed by atoms with E-state index in [2.05, 4.69) is 63.2 Å². The Bertz CT molecular complexity index is 896. The van der Waals surface area contributed by atoms with Crippen molar-refractivity contribution >= 4 is 10.8 Å². The van der Waals surface area contributed by atoms with Crippen LogP contribution in [0.4, 0.5) is 0 Å². The van der Waals surface area contributed by atoms with Crippen LogP contribution >= 0.6 is 0 Å². The number of fused-ring (bicyclic) bond motifs is 1. The number of benzene rings is 3. The van der Waals surface area contributed by atoms with Gasteiger partial charge in [-0.2, -0.15) is 0 Å². The molecule has 3 aromatic rings. The third-order valence-electron chi connectivity index (χ3n) is 4.69. The lowest BCUT2D eigenvalue weighted by Crippen LogP contribution is -2.16. The van der Waals surface area contributed by atoms with E-state index in [9.17, 15) is 0 Å². The topological polar surface area (TPSA) is 44.5 Å². The lowest BCUT2D eigenvalue weighted by Gasteiger charge is -2.22. The molecule has 0 aromatic heterocycles. The molecule has 0 fully saturated rings. The molecule has 142 valence electrons. The highest BCUT2D eigenvalue weighted by Gasteiger charge is 2.18. The molecule has 3 aromatic carbocycles. The molecule has 0 aliphatic rings. The minimum absolute atomic E-state index is 0.0457. The van der Waals surface area contributed by atoms with Gasteiger partial charge in [0.25, 0.3) is 0 Å². The second-order valence-corrected chi connectivity index (χ2v) is 7.75. The SMILES string of the molecule is CC(C)(C)c1ccccc1OCCOc1ccc2ccccc2c1CCN. The molecular weight excluding hydrogens is 334 g/mol. The van der Waals surface area contributed by atoms with E-state index >= 15 is 0 Å². The third kappa shape index (κ3) is 4.61. The van der Waals surface area contributed by atoms with Gasteiger partial charge in [0.1, 0.15) is 24.7 Å². The normalized spacial score (nSPS) is 11.6. The van der Waals surface area contributed by atoms with Gasteiger partial charge in [-0.05, 0) is 46.8 Å². The molecule has 0 saturated carbocycles. The summed E-state index contributed by atoms with van der Waals surface area (Å²) in [4.78, 5) is 0. The van der Waals surface area contributed by atoms with Crippen molar-refractivity contribution in [3.63, 3.8) is 0 Å². The molecule has 3 rings (SSSR count). The Morgan fingerprint density at radius 1 is 0.778 bits per heavy atom. The maximum atomic E-state index is 6.06. The Balaban J connectivity index is 1.69. The van der Waals surface area contributed by atoms with Gasteiger partial charge in [-0.3, -0.25) is 0 Å². The molecule has 0 atom stereocenters. The van der Waals surface area contributed by atoms with Crippen molar-refractivity contribution in [1.82, 2.24) is 0 Å². The van der Waals surface area contributed by atoms with Gasteiger partial charge >= 0.3 is 0 Å². The Morgan fingerprint density at radius 3 is 2.19 bits per heavy atom. The van der Waals surface area contributed by atoms with Gasteiger partial charge in [-0.15, -0.1) is 0 Å². The van der Waals surface area contributed by atoms with Crippen LogP contribution in [0.15, 0.2) is 60.7 Å². The van der Waals surface area contributed by atoms with Crippen LogP contribution in [-0.4, -0.2) is 19.8 Å². The molecule has 2 N–H and O–H groups in total. The predicted octanol–water partition coefficient (Wildman–Crippen LogP) is 5.10. The predicted molar refractivity (Wildman–Crippen MR) is 113 cm³/mol. The summed E-state index contributed by atoms with van der Waals surface area (Å²) in [5, 5.41) is 2.42. The van der Waals surface area contributed by atoms with Gasteiger partial charge in [0, 0.05) is 5.56 Å². The minimum Gasteiger partial charge on any atom is -0.490 e. The fourth-order valence-corrected chi connectivity index (χ4v) is 3.37. The summed E-state index contributed by atoms with van der Waals surface area (Å²) in [5.41, 5.74) is 8.25. The molecule has 0 amide bonds. The van der Waals surface area contributed by atoms with Gasteiger partial charge in [0.05, 0.1) is 0 Å². The standard InChI is InChI=1S/C24H29NO2/c1-24(2,3)21-10-6-7-11-23(21)27-17-16-26-22-13-12-18-8-4-5-9-19(18)20(22)14-15-25/h4-13H,14-17,25H2,1-3H3. The van der Waals surface area contributed by atoms with Crippen molar-refractivity contribution in [3.05, 3.63) is 71.8 Å². The number of hydrogen-bond acceptors (Lipinski definition) is 3. The van der Waals surface area contributed by atoms with Gasteiger partial charge in [-0.25, -0.2) is 0 Å². The Morgan fingerprint density at radius 2 is 1.44 bits per heavy atom. The quantitative estimate of drug-likeness (QED) is 0.594. The van der Waals surface area contributed by atoms with Crippen molar-refractivity contribution < 1.29 is 9.47 Å². The van der Waals surface area contributed by atoms with E-state index < -0.39 is 0 Å². The molecule has 27 heavy (non-hydrogen) atoms. The number of hydrogen-bond donors (Lipinski definition) is 1. The molecule has 0 heterocycles. The zero-order valence-corrected chi connectivity index (χ0v) is 16.5. The summed E-state index contributed by atoms with van der Waals surface area (Å²) in [6.07, 6.45) is 0.796. The molecular formula is C24H29NO2. The highest BCUT2D eigenvalue weighted by Crippen LogP contribution is 2.31. The fourth-order valence-electron chi connectivity index (χ4n) is 3.37. The second-order valence-electron chi connectivity index (χ2n) is 7.75. The van der Waals surface area contributed by atoms with Crippen LogP contribution in [0.1, 0.15) is 31.9 Å². The van der Waals surface area contributed by atoms with Crippen LogP contribution in [0.3, 0.4) is 0 Å². The molecule has 0 aliphatic carbocycles. The zero-order chi connectivity index (χ0) is 19.3. The Hall–Kier alpha value is -2.52. The van der Waals surface area contributed by atoms with E-state index in [-0.39, 0.29) is 5.41 Å². The second kappa shape index (κ2) is 8.45. The fraction of sp³-hybridized carbons (Fsp3) is 0.333. The first-order chi connectivity index (χ1) is 13.0. The monoisotopic (exact) mass is 363 g/mol. The molecule has 3 heteroatoms. The van der Waals surface area contributed by atoms with E-state index in [0.717, 1.165) is 17.9 Å². The number of ether oxygens (including phenoxy) is 2. The van der Waals surface area contributed by atoms with Crippen LogP contribution in [0.2, 0.25) is 0 Å². The summed E-state index contributed by atoms with van der Waals surface area (Å²) in [7, 11) is 0. The summed E-state index contributed by atoms with van der Waals surface area (Å²) in [5.74, 6) is 1.82. The smallest absolute Gasteiger partial charge is 0.123 e. The molecule has 0 aliphatic heterocycles. The molecule has 0 saturated heterocycles. The first-order valence-corrected chi connectivity index (χ1v) is 9.56. The van der Waals surface area contributed by atoms with Crippen molar-refractivity contribution in [2.75, 3.05) is 19.8 Å². The van der Waals surface area contributed by atoms with Crippen molar-refractivity contribution in [2.45, 2.75) is 32.6 Å². The highest BCUT2D eigenvalue weighted by molar-refractivity contribution is 5.87. The van der Waals surface area contributed by atoms with E-state index in [0.29, 0.717) is 19.8 Å². The molecule has 0 radical (unpaired) electrons. The summed E-state index contributed by atoms with van der Waals surface area (Å²) in [6, 6.07) is 20.7. The molecule has 0 spiro atoms. The van der Waals surface area contributed by atoms with Crippen molar-refractivity contribution in [1.29, 1.82) is 0 Å². The van der Waals surface area contributed by atoms with Crippen LogP contribution in [0.5, 0.6) is 11.5 Å². The Labute approximate surface area is 162 Å². The van der Waals surface area contributed by atoms with Crippen LogP contribution in [0.25, 0.3) is 10.8 Å². The number of para-hydroxylation sites is 1. The summed E-state index contributed by atoms with van der Waals surface area (Å²) < 4.78 is 12.1. The molecule has 3 nitrogen and oxygen atoms in total. The average Bonchev–Trinajstić information content (AvgIpc) is 2.66. The van der Waals surface area contributed by atoms with E-state index in [1.807, 2.05) is 18.2 Å². The van der Waals surface area contributed by atoms with Gasteiger partial charge in [0.2, 0.25) is 0 Å². The van der Waals surface area contributed by atoms with Crippen LogP contribution in [-0.2, 0) is 11.8 Å². The van der Waals surface area contributed by atoms with Crippen LogP contribution in [0, 0.1) is 0 Å².